The van der Waals surface area contributed by atoms with Crippen molar-refractivity contribution >= 4 is 16.1 Å². The van der Waals surface area contributed by atoms with Crippen LogP contribution in [-0.2, 0) is 10.0 Å². The van der Waals surface area contributed by atoms with Gasteiger partial charge in [-0.05, 0) is 46.5 Å². The molecule has 1 aliphatic rings. The van der Waals surface area contributed by atoms with Crippen LogP contribution < -0.4 is 10.0 Å². The molecule has 1 rings (SSSR count). The van der Waals surface area contributed by atoms with Gasteiger partial charge in [-0.25, -0.2) is 17.9 Å². The second kappa shape index (κ2) is 6.76. The highest BCUT2D eigenvalue weighted by atomic mass is 32.2. The van der Waals surface area contributed by atoms with Crippen LogP contribution >= 0.6 is 0 Å². The lowest BCUT2D eigenvalue weighted by atomic mass is 9.97. The van der Waals surface area contributed by atoms with E-state index in [1.54, 1.807) is 11.8 Å². The Labute approximate surface area is 122 Å². The first kappa shape index (κ1) is 17.2. The Morgan fingerprint density at radius 3 is 2.25 bits per heavy atom. The van der Waals surface area contributed by atoms with Crippen molar-refractivity contribution in [2.75, 3.05) is 25.4 Å². The minimum Gasteiger partial charge on any atom is -0.333 e. The Balaban J connectivity index is 2.35. The molecule has 0 aliphatic carbocycles. The average molecular weight is 305 g/mol. The lowest BCUT2D eigenvalue weighted by Crippen LogP contribution is -2.51. The molecular formula is C13H27N3O3S. The number of amides is 2. The number of hydrogen-bond donors (Lipinski definition) is 2. The molecule has 0 bridgehead atoms. The average Bonchev–Trinajstić information content (AvgIpc) is 2.35. The summed E-state index contributed by atoms with van der Waals surface area (Å²) in [6.45, 7) is 9.33. The molecule has 20 heavy (non-hydrogen) atoms. The lowest BCUT2D eigenvalue weighted by Gasteiger charge is -2.34. The summed E-state index contributed by atoms with van der Waals surface area (Å²) in [5.74, 6) is 0.426. The maximum absolute atomic E-state index is 12.0. The molecule has 2 N–H and O–H groups in total. The number of sulfonamides is 1. The number of hydrogen-bond acceptors (Lipinski definition) is 3. The molecular weight excluding hydrogens is 278 g/mol. The van der Waals surface area contributed by atoms with Gasteiger partial charge in [0.25, 0.3) is 0 Å². The van der Waals surface area contributed by atoms with Gasteiger partial charge >= 0.3 is 6.03 Å². The van der Waals surface area contributed by atoms with Crippen LogP contribution in [0, 0.1) is 5.92 Å². The van der Waals surface area contributed by atoms with E-state index in [2.05, 4.69) is 10.0 Å². The summed E-state index contributed by atoms with van der Waals surface area (Å²) in [4.78, 5) is 13.8. The standard InChI is InChI=1S/C13H27N3O3S/c1-5-20(18,19)14-10-11-6-8-16(9-7-11)12(17)15-13(2,3)4/h11,14H,5-10H2,1-4H3,(H,15,17). The Morgan fingerprint density at radius 2 is 1.80 bits per heavy atom. The van der Waals surface area contributed by atoms with Crippen LogP contribution in [0.2, 0.25) is 0 Å². The molecule has 1 saturated heterocycles. The number of carbonyl (C=O) groups is 1. The Hall–Kier alpha value is -0.820. The zero-order chi connectivity index (χ0) is 15.4. The molecule has 2 amide bonds. The molecule has 118 valence electrons. The molecule has 0 radical (unpaired) electrons. The number of nitrogens with one attached hydrogen (secondary N) is 2. The van der Waals surface area contributed by atoms with Gasteiger partial charge in [-0.1, -0.05) is 0 Å². The fourth-order valence-electron chi connectivity index (χ4n) is 2.09. The monoisotopic (exact) mass is 305 g/mol. The Kier molecular flexibility index (Phi) is 5.82. The summed E-state index contributed by atoms with van der Waals surface area (Å²) in [5, 5.41) is 2.94. The number of carbonyl (C=O) groups excluding carboxylic acids is 1. The van der Waals surface area contributed by atoms with Gasteiger partial charge in [0.05, 0.1) is 5.75 Å². The summed E-state index contributed by atoms with van der Waals surface area (Å²) in [7, 11) is -3.12. The molecule has 0 atom stereocenters. The second-order valence-corrected chi connectivity index (χ2v) is 8.46. The van der Waals surface area contributed by atoms with Crippen molar-refractivity contribution in [1.82, 2.24) is 14.9 Å². The predicted molar refractivity (Wildman–Crippen MR) is 80.0 cm³/mol. The van der Waals surface area contributed by atoms with Crippen molar-refractivity contribution in [3.8, 4) is 0 Å². The Bertz CT molecular complexity index is 421. The van der Waals surface area contributed by atoms with Gasteiger partial charge in [0.2, 0.25) is 10.0 Å². The van der Waals surface area contributed by atoms with Crippen LogP contribution in [0.4, 0.5) is 4.79 Å². The molecule has 0 aromatic carbocycles. The smallest absolute Gasteiger partial charge is 0.317 e. The lowest BCUT2D eigenvalue weighted by molar-refractivity contribution is 0.163. The number of piperidine rings is 1. The van der Waals surface area contributed by atoms with Gasteiger partial charge in [-0.2, -0.15) is 0 Å². The number of rotatable bonds is 4. The molecule has 0 spiro atoms. The quantitative estimate of drug-likeness (QED) is 0.817. The molecule has 1 heterocycles. The summed E-state index contributed by atoms with van der Waals surface area (Å²) < 4.78 is 25.4. The van der Waals surface area contributed by atoms with Crippen LogP contribution in [0.15, 0.2) is 0 Å². The van der Waals surface area contributed by atoms with E-state index in [1.165, 1.54) is 0 Å². The molecule has 1 fully saturated rings. The molecule has 0 saturated carbocycles. The van der Waals surface area contributed by atoms with Crippen LogP contribution in [0.5, 0.6) is 0 Å². The van der Waals surface area contributed by atoms with Crippen LogP contribution in [-0.4, -0.2) is 50.3 Å². The van der Waals surface area contributed by atoms with E-state index in [-0.39, 0.29) is 17.3 Å². The van der Waals surface area contributed by atoms with Crippen LogP contribution in [0.25, 0.3) is 0 Å². The molecule has 6 nitrogen and oxygen atoms in total. The van der Waals surface area contributed by atoms with E-state index in [0.29, 0.717) is 25.6 Å². The maximum atomic E-state index is 12.0. The van der Waals surface area contributed by atoms with E-state index in [0.717, 1.165) is 12.8 Å². The van der Waals surface area contributed by atoms with E-state index in [1.807, 2.05) is 20.8 Å². The van der Waals surface area contributed by atoms with Crippen molar-refractivity contribution in [3.63, 3.8) is 0 Å². The first-order valence-electron chi connectivity index (χ1n) is 7.17. The third kappa shape index (κ3) is 6.09. The molecule has 0 aromatic heterocycles. The first-order chi connectivity index (χ1) is 9.13. The summed E-state index contributed by atoms with van der Waals surface area (Å²) in [6, 6.07) is -0.0370. The van der Waals surface area contributed by atoms with Crippen molar-refractivity contribution in [1.29, 1.82) is 0 Å². The molecule has 1 aliphatic heterocycles. The molecule has 0 aromatic rings. The zero-order valence-corrected chi connectivity index (χ0v) is 13.7. The summed E-state index contributed by atoms with van der Waals surface area (Å²) in [6.07, 6.45) is 1.67. The normalized spacial score (nSPS) is 18.1. The fraction of sp³-hybridized carbons (Fsp3) is 0.923. The van der Waals surface area contributed by atoms with Gasteiger partial charge in [-0.15, -0.1) is 0 Å². The SMILES string of the molecule is CCS(=O)(=O)NCC1CCN(C(=O)NC(C)(C)C)CC1. The fourth-order valence-corrected chi connectivity index (χ4v) is 2.78. The maximum Gasteiger partial charge on any atom is 0.317 e. The van der Waals surface area contributed by atoms with Crippen molar-refractivity contribution in [3.05, 3.63) is 0 Å². The second-order valence-electron chi connectivity index (χ2n) is 6.36. The minimum atomic E-state index is -3.12. The van der Waals surface area contributed by atoms with Gasteiger partial charge < -0.3 is 10.2 Å². The molecule has 7 heteroatoms. The molecule has 0 unspecified atom stereocenters. The third-order valence-electron chi connectivity index (χ3n) is 3.36. The van der Waals surface area contributed by atoms with E-state index < -0.39 is 10.0 Å². The van der Waals surface area contributed by atoms with Crippen LogP contribution in [0.3, 0.4) is 0 Å². The number of likely N-dealkylation sites (tertiary alicyclic amines) is 1. The summed E-state index contributed by atoms with van der Waals surface area (Å²) in [5.41, 5.74) is -0.231. The van der Waals surface area contributed by atoms with Crippen molar-refractivity contribution in [2.24, 2.45) is 5.92 Å². The predicted octanol–water partition coefficient (Wildman–Crippen LogP) is 1.15. The van der Waals surface area contributed by atoms with E-state index in [9.17, 15) is 13.2 Å². The topological polar surface area (TPSA) is 78.5 Å². The highest BCUT2D eigenvalue weighted by molar-refractivity contribution is 7.89. The number of nitrogens with zero attached hydrogens (tertiary/aromatic N) is 1. The van der Waals surface area contributed by atoms with Crippen molar-refractivity contribution < 1.29 is 13.2 Å². The zero-order valence-electron chi connectivity index (χ0n) is 12.9. The highest BCUT2D eigenvalue weighted by Crippen LogP contribution is 2.17. The van der Waals surface area contributed by atoms with Crippen LogP contribution in [0.1, 0.15) is 40.5 Å². The Morgan fingerprint density at radius 1 is 1.25 bits per heavy atom. The first-order valence-corrected chi connectivity index (χ1v) is 8.82. The van der Waals surface area contributed by atoms with Gasteiger partial charge in [0, 0.05) is 25.2 Å². The van der Waals surface area contributed by atoms with Gasteiger partial charge in [0.1, 0.15) is 0 Å². The number of urea groups is 1. The van der Waals surface area contributed by atoms with E-state index >= 15 is 0 Å². The minimum absolute atomic E-state index is 0.0370. The van der Waals surface area contributed by atoms with Gasteiger partial charge in [-0.3, -0.25) is 0 Å². The largest absolute Gasteiger partial charge is 0.333 e. The van der Waals surface area contributed by atoms with E-state index in [4.69, 9.17) is 0 Å². The van der Waals surface area contributed by atoms with Gasteiger partial charge in [0.15, 0.2) is 0 Å². The highest BCUT2D eigenvalue weighted by Gasteiger charge is 2.25. The summed E-state index contributed by atoms with van der Waals surface area (Å²) >= 11 is 0. The van der Waals surface area contributed by atoms with Crippen molar-refractivity contribution in [2.45, 2.75) is 46.1 Å². The third-order valence-corrected chi connectivity index (χ3v) is 4.72.